The summed E-state index contributed by atoms with van der Waals surface area (Å²) in [6, 6.07) is 24.9. The first-order chi connectivity index (χ1) is 26.8. The first kappa shape index (κ1) is 35.6. The Labute approximate surface area is 324 Å². The van der Waals surface area contributed by atoms with Crippen LogP contribution in [-0.4, -0.2) is 40.8 Å². The Kier molecular flexibility index (Phi) is 8.08. The number of rotatable bonds is 5. The van der Waals surface area contributed by atoms with Crippen LogP contribution in [0.15, 0.2) is 124 Å². The number of aromatic hydroxyl groups is 1. The molecule has 2 amide bonds. The van der Waals surface area contributed by atoms with E-state index < -0.39 is 69.1 Å². The van der Waals surface area contributed by atoms with Gasteiger partial charge in [-0.25, -0.2) is 28.5 Å². The number of aromatic nitrogens is 4. The lowest BCUT2D eigenvalue weighted by Gasteiger charge is -2.49. The highest BCUT2D eigenvalue weighted by atomic mass is 35.5. The third-order valence-electron chi connectivity index (χ3n) is 11.1. The molecular weight excluding hydrogens is 772 g/mol. The van der Waals surface area contributed by atoms with Crippen LogP contribution in [0, 0.1) is 5.92 Å². The number of para-hydroxylation sites is 1. The molecule has 282 valence electrons. The van der Waals surface area contributed by atoms with Gasteiger partial charge >= 0.3 is 17.6 Å². The van der Waals surface area contributed by atoms with E-state index >= 15 is 4.79 Å². The standard InChI is InChI=1S/C40H27Cl2F3N6O5/c41-24-13-11-22(12-14-24)39-29(35(53)50(36(39)54)47-34-30(42)18-23(20-46-34)40(43,44)45)19-31-27(32(39)28-15-10-21-6-4-5-9-26(21)33(28)52)16-17-48-37(55)49(38(56)51(31)48)25-7-2-1-3-8-25/h1-16,18,20,29,31-32,52H,17,19H2,(H,46,47)/t29-,31+,32+,39+/m0/s1. The number of fused-ring (bicyclic) bond motifs is 5. The number of alkyl halides is 3. The Bertz CT molecular complexity index is 2780. The van der Waals surface area contributed by atoms with Crippen LogP contribution in [0.4, 0.5) is 19.0 Å². The average molecular weight is 800 g/mol. The molecule has 9 rings (SSSR count). The van der Waals surface area contributed by atoms with Crippen LogP contribution in [0.2, 0.25) is 10.0 Å². The summed E-state index contributed by atoms with van der Waals surface area (Å²) in [5.74, 6) is -4.62. The van der Waals surface area contributed by atoms with Crippen molar-refractivity contribution in [1.82, 2.24) is 23.9 Å². The summed E-state index contributed by atoms with van der Waals surface area (Å²) in [6.07, 6.45) is -2.66. The van der Waals surface area contributed by atoms with E-state index in [1.54, 1.807) is 97.1 Å². The number of imide groups is 1. The molecule has 0 bridgehead atoms. The van der Waals surface area contributed by atoms with Crippen molar-refractivity contribution >= 4 is 51.6 Å². The second kappa shape index (κ2) is 12.7. The van der Waals surface area contributed by atoms with Gasteiger partial charge in [-0.05, 0) is 53.3 Å². The molecule has 2 N–H and O–H groups in total. The summed E-state index contributed by atoms with van der Waals surface area (Å²) >= 11 is 12.6. The highest BCUT2D eigenvalue weighted by molar-refractivity contribution is 6.33. The van der Waals surface area contributed by atoms with Crippen LogP contribution in [0.3, 0.4) is 0 Å². The minimum Gasteiger partial charge on any atom is -0.507 e. The Morgan fingerprint density at radius 2 is 1.59 bits per heavy atom. The number of carbonyl (C=O) groups is 2. The van der Waals surface area contributed by atoms with E-state index in [4.69, 9.17) is 23.2 Å². The van der Waals surface area contributed by atoms with Crippen LogP contribution < -0.4 is 16.8 Å². The quantitative estimate of drug-likeness (QED) is 0.142. The third-order valence-corrected chi connectivity index (χ3v) is 11.6. The first-order valence-corrected chi connectivity index (χ1v) is 18.1. The van der Waals surface area contributed by atoms with Crippen LogP contribution in [0.25, 0.3) is 16.5 Å². The summed E-state index contributed by atoms with van der Waals surface area (Å²) in [5.41, 5.74) is -0.247. The molecular formula is C40H27Cl2F3N6O5. The third kappa shape index (κ3) is 5.08. The maximum atomic E-state index is 15.4. The molecule has 16 heteroatoms. The maximum absolute atomic E-state index is 15.4. The fourth-order valence-corrected chi connectivity index (χ4v) is 9.03. The lowest BCUT2D eigenvalue weighted by atomic mass is 9.53. The molecule has 1 saturated carbocycles. The SMILES string of the molecule is O=C1[C@@H]2C[C@@H]3C(=CCn4c(=O)n(-c5ccccc5)c(=O)n43)[C@H](c3ccc4ccccc4c3O)[C@]2(c2ccc(Cl)cc2)C(=O)N1Nc1ncc(C(F)(F)F)cc1Cl. The zero-order valence-electron chi connectivity index (χ0n) is 28.7. The highest BCUT2D eigenvalue weighted by Gasteiger charge is 2.69. The number of amides is 2. The molecule has 11 nitrogen and oxygen atoms in total. The lowest BCUT2D eigenvalue weighted by molar-refractivity contribution is -0.139. The molecule has 4 heterocycles. The van der Waals surface area contributed by atoms with Crippen molar-refractivity contribution in [2.24, 2.45) is 5.92 Å². The van der Waals surface area contributed by atoms with Gasteiger partial charge in [0.2, 0.25) is 0 Å². The minimum atomic E-state index is -4.76. The predicted octanol–water partition coefficient (Wildman–Crippen LogP) is 7.00. The van der Waals surface area contributed by atoms with Crippen molar-refractivity contribution in [3.63, 3.8) is 0 Å². The predicted molar refractivity (Wildman–Crippen MR) is 201 cm³/mol. The number of benzene rings is 4. The number of pyridine rings is 1. The molecule has 3 aliphatic rings. The molecule has 2 fully saturated rings. The van der Waals surface area contributed by atoms with Gasteiger partial charge in [-0.1, -0.05) is 96.0 Å². The fourth-order valence-electron chi connectivity index (χ4n) is 8.69. The number of phenols is 1. The van der Waals surface area contributed by atoms with Crippen molar-refractivity contribution in [2.75, 3.05) is 5.43 Å². The molecule has 0 unspecified atom stereocenters. The normalized spacial score (nSPS) is 21.8. The largest absolute Gasteiger partial charge is 0.507 e. The van der Waals surface area contributed by atoms with Gasteiger partial charge < -0.3 is 5.11 Å². The van der Waals surface area contributed by atoms with E-state index in [1.807, 2.05) is 0 Å². The number of halogens is 5. The van der Waals surface area contributed by atoms with Crippen molar-refractivity contribution in [1.29, 1.82) is 0 Å². The number of hydrogen-bond donors (Lipinski definition) is 2. The number of hydrogen-bond acceptors (Lipinski definition) is 7. The second-order valence-corrected chi connectivity index (χ2v) is 14.7. The van der Waals surface area contributed by atoms with E-state index in [0.717, 1.165) is 4.57 Å². The van der Waals surface area contributed by atoms with Crippen LogP contribution in [-0.2, 0) is 27.7 Å². The number of hydrazine groups is 1. The summed E-state index contributed by atoms with van der Waals surface area (Å²) < 4.78 is 44.1. The lowest BCUT2D eigenvalue weighted by Crippen LogP contribution is -2.53. The van der Waals surface area contributed by atoms with Crippen molar-refractivity contribution in [3.8, 4) is 11.4 Å². The van der Waals surface area contributed by atoms with E-state index in [0.29, 0.717) is 49.9 Å². The summed E-state index contributed by atoms with van der Waals surface area (Å²) in [6.45, 7) is -0.0822. The summed E-state index contributed by atoms with van der Waals surface area (Å²) in [4.78, 5) is 62.4. The van der Waals surface area contributed by atoms with Crippen LogP contribution in [0.1, 0.15) is 35.1 Å². The number of phenolic OH excluding ortho intramolecular Hbond substituents is 1. The molecule has 1 saturated heterocycles. The monoisotopic (exact) mass is 798 g/mol. The van der Waals surface area contributed by atoms with Gasteiger partial charge in [0.1, 0.15) is 5.75 Å². The molecule has 2 aromatic heterocycles. The Morgan fingerprint density at radius 1 is 0.875 bits per heavy atom. The minimum absolute atomic E-state index is 0.0822. The Balaban J connectivity index is 1.30. The van der Waals surface area contributed by atoms with Gasteiger partial charge in [-0.15, -0.1) is 0 Å². The van der Waals surface area contributed by atoms with Crippen molar-refractivity contribution < 1.29 is 27.9 Å². The second-order valence-electron chi connectivity index (χ2n) is 13.8. The van der Waals surface area contributed by atoms with E-state index in [-0.39, 0.29) is 24.3 Å². The maximum Gasteiger partial charge on any atom is 0.417 e. The number of allylic oxidation sites excluding steroid dienone is 2. The van der Waals surface area contributed by atoms with Gasteiger partial charge in [0.15, 0.2) is 5.82 Å². The molecule has 6 aromatic rings. The van der Waals surface area contributed by atoms with Gasteiger partial charge in [-0.3, -0.25) is 15.0 Å². The zero-order chi connectivity index (χ0) is 39.3. The molecule has 56 heavy (non-hydrogen) atoms. The van der Waals surface area contributed by atoms with Gasteiger partial charge in [0.25, 0.3) is 11.8 Å². The van der Waals surface area contributed by atoms with Crippen molar-refractivity contribution in [3.05, 3.63) is 163 Å². The Morgan fingerprint density at radius 3 is 2.30 bits per heavy atom. The van der Waals surface area contributed by atoms with Gasteiger partial charge in [-0.2, -0.15) is 18.2 Å². The molecule has 2 aliphatic heterocycles. The van der Waals surface area contributed by atoms with Gasteiger partial charge in [0, 0.05) is 28.1 Å². The molecule has 4 aromatic carbocycles. The first-order valence-electron chi connectivity index (χ1n) is 17.4. The highest BCUT2D eigenvalue weighted by Crippen LogP contribution is 2.63. The van der Waals surface area contributed by atoms with E-state index in [9.17, 15) is 32.7 Å². The molecule has 1 aliphatic carbocycles. The average Bonchev–Trinajstić information content (AvgIpc) is 3.57. The smallest absolute Gasteiger partial charge is 0.417 e. The summed E-state index contributed by atoms with van der Waals surface area (Å²) in [5, 5.41) is 13.8. The zero-order valence-corrected chi connectivity index (χ0v) is 30.3. The molecule has 0 radical (unpaired) electrons. The van der Waals surface area contributed by atoms with Crippen LogP contribution in [0.5, 0.6) is 5.75 Å². The molecule has 0 spiro atoms. The van der Waals surface area contributed by atoms with Gasteiger partial charge in [0.05, 0.1) is 40.2 Å². The van der Waals surface area contributed by atoms with E-state index in [2.05, 4.69) is 10.4 Å². The van der Waals surface area contributed by atoms with Crippen LogP contribution >= 0.6 is 23.2 Å². The molecule has 4 atom stereocenters. The number of carbonyl (C=O) groups excluding carboxylic acids is 2. The van der Waals surface area contributed by atoms with E-state index in [1.165, 1.54) is 9.36 Å². The number of nitrogens with one attached hydrogen (secondary N) is 1. The van der Waals surface area contributed by atoms with Crippen molar-refractivity contribution in [2.45, 2.75) is 36.5 Å². The fraction of sp³-hybridized carbons (Fsp3) is 0.175. The Hall–Kier alpha value is -6.12. The number of nitrogens with zero attached hydrogens (tertiary/aromatic N) is 5. The summed E-state index contributed by atoms with van der Waals surface area (Å²) in [7, 11) is 0. The number of anilines is 1. The topological polar surface area (TPSA) is 131 Å².